The van der Waals surface area contributed by atoms with E-state index >= 15 is 0 Å². The summed E-state index contributed by atoms with van der Waals surface area (Å²) in [6, 6.07) is 31.0. The molecule has 4 nitrogen and oxygen atoms in total. The van der Waals surface area contributed by atoms with E-state index in [0.29, 0.717) is 6.54 Å². The van der Waals surface area contributed by atoms with E-state index in [-0.39, 0.29) is 17.1 Å². The monoisotopic (exact) mass is 473 g/mol. The van der Waals surface area contributed by atoms with Crippen LogP contribution in [0, 0.1) is 0 Å². The first-order valence-electron chi connectivity index (χ1n) is 12.0. The van der Waals surface area contributed by atoms with Crippen LogP contribution in [0.25, 0.3) is 0 Å². The molecule has 0 radical (unpaired) electrons. The lowest BCUT2D eigenvalue weighted by atomic mass is 10.1. The Hall–Kier alpha value is -2.73. The van der Waals surface area contributed by atoms with Crippen LogP contribution in [-0.4, -0.2) is 45.0 Å². The van der Waals surface area contributed by atoms with Crippen molar-refractivity contribution in [1.29, 1.82) is 0 Å². The highest BCUT2D eigenvalue weighted by Crippen LogP contribution is 2.39. The molecule has 1 aliphatic heterocycles. The standard InChI is InChI=1S/C29H35NO3Si/c1-29(2,3)34(24-16-10-6-11-17-24,25-18-12-7-13-19-25)33-26-20-21-30(27(26)28(31)32-4)22-23-14-8-5-9-15-23/h5-19,26-27H,20-22H2,1-4H3/t26-,27-/m0/s1. The van der Waals surface area contributed by atoms with Gasteiger partial charge in [-0.15, -0.1) is 0 Å². The van der Waals surface area contributed by atoms with Crippen LogP contribution in [0.15, 0.2) is 91.0 Å². The molecule has 3 aromatic carbocycles. The summed E-state index contributed by atoms with van der Waals surface area (Å²) >= 11 is 0. The number of ether oxygens (including phenoxy) is 1. The second-order valence-corrected chi connectivity index (χ2v) is 14.3. The van der Waals surface area contributed by atoms with Gasteiger partial charge in [0.1, 0.15) is 6.04 Å². The third-order valence-corrected chi connectivity index (χ3v) is 11.9. The Labute approximate surface area is 204 Å². The molecular weight excluding hydrogens is 438 g/mol. The van der Waals surface area contributed by atoms with Gasteiger partial charge in [0.2, 0.25) is 0 Å². The first kappa shape index (κ1) is 24.4. The number of nitrogens with zero attached hydrogens (tertiary/aromatic N) is 1. The quantitative estimate of drug-likeness (QED) is 0.377. The fraction of sp³-hybridized carbons (Fsp3) is 0.345. The minimum atomic E-state index is -2.77. The number of benzene rings is 3. The van der Waals surface area contributed by atoms with E-state index in [4.69, 9.17) is 9.16 Å². The summed E-state index contributed by atoms with van der Waals surface area (Å²) in [5.74, 6) is -0.226. The Morgan fingerprint density at radius 2 is 1.38 bits per heavy atom. The second kappa shape index (κ2) is 10.3. The molecule has 0 saturated carbocycles. The van der Waals surface area contributed by atoms with Gasteiger partial charge >= 0.3 is 5.97 Å². The molecule has 2 atom stereocenters. The molecule has 178 valence electrons. The molecule has 1 fully saturated rings. The number of carbonyl (C=O) groups is 1. The van der Waals surface area contributed by atoms with Crippen LogP contribution in [0.2, 0.25) is 5.04 Å². The fourth-order valence-electron chi connectivity index (χ4n) is 5.28. The second-order valence-electron chi connectivity index (χ2n) is 10.0. The maximum atomic E-state index is 13.1. The maximum Gasteiger partial charge on any atom is 0.325 e. The predicted octanol–water partition coefficient (Wildman–Crippen LogP) is 4.38. The first-order chi connectivity index (χ1) is 16.4. The predicted molar refractivity (Wildman–Crippen MR) is 140 cm³/mol. The largest absolute Gasteiger partial charge is 0.468 e. The van der Waals surface area contributed by atoms with Crippen LogP contribution in [-0.2, 0) is 20.5 Å². The highest BCUT2D eigenvalue weighted by Gasteiger charge is 2.54. The molecule has 0 spiro atoms. The van der Waals surface area contributed by atoms with E-state index in [9.17, 15) is 4.79 Å². The Kier molecular flexibility index (Phi) is 7.36. The van der Waals surface area contributed by atoms with Crippen LogP contribution in [0.3, 0.4) is 0 Å². The van der Waals surface area contributed by atoms with Gasteiger partial charge in [0.15, 0.2) is 0 Å². The third-order valence-electron chi connectivity index (χ3n) is 6.86. The first-order valence-corrected chi connectivity index (χ1v) is 13.9. The SMILES string of the molecule is COC(=O)[C@@H]1[C@@H](O[Si](c2ccccc2)(c2ccccc2)C(C)(C)C)CCN1Cc1ccccc1. The highest BCUT2D eigenvalue weighted by atomic mass is 28.4. The molecule has 0 unspecified atom stereocenters. The normalized spacial score (nSPS) is 19.2. The van der Waals surface area contributed by atoms with Crippen molar-refractivity contribution < 1.29 is 14.0 Å². The molecule has 0 N–H and O–H groups in total. The Bertz CT molecular complexity index is 1030. The zero-order chi connectivity index (χ0) is 24.2. The number of esters is 1. The van der Waals surface area contributed by atoms with Crippen LogP contribution in [0.4, 0.5) is 0 Å². The van der Waals surface area contributed by atoms with Crippen molar-refractivity contribution in [1.82, 2.24) is 4.90 Å². The van der Waals surface area contributed by atoms with Crippen molar-refractivity contribution in [2.24, 2.45) is 0 Å². The minimum absolute atomic E-state index is 0.150. The summed E-state index contributed by atoms with van der Waals surface area (Å²) in [5, 5.41) is 2.29. The van der Waals surface area contributed by atoms with Gasteiger partial charge in [-0.2, -0.15) is 0 Å². The van der Waals surface area contributed by atoms with E-state index in [1.54, 1.807) is 0 Å². The van der Waals surface area contributed by atoms with Crippen molar-refractivity contribution >= 4 is 24.7 Å². The van der Waals surface area contributed by atoms with Gasteiger partial charge in [0.05, 0.1) is 13.2 Å². The van der Waals surface area contributed by atoms with Gasteiger partial charge in [0, 0.05) is 13.1 Å². The summed E-state index contributed by atoms with van der Waals surface area (Å²) in [6.07, 6.45) is 0.541. The van der Waals surface area contributed by atoms with E-state index in [1.807, 2.05) is 30.3 Å². The van der Waals surface area contributed by atoms with E-state index < -0.39 is 14.4 Å². The molecule has 0 aromatic heterocycles. The number of methoxy groups -OCH3 is 1. The topological polar surface area (TPSA) is 38.8 Å². The van der Waals surface area contributed by atoms with Crippen LogP contribution in [0.5, 0.6) is 0 Å². The average Bonchev–Trinajstić information content (AvgIpc) is 3.24. The van der Waals surface area contributed by atoms with Gasteiger partial charge < -0.3 is 9.16 Å². The molecule has 1 aliphatic rings. The van der Waals surface area contributed by atoms with E-state index in [2.05, 4.69) is 86.3 Å². The lowest BCUT2D eigenvalue weighted by Gasteiger charge is -2.45. The van der Waals surface area contributed by atoms with Crippen molar-refractivity contribution in [3.63, 3.8) is 0 Å². The molecule has 0 bridgehead atoms. The summed E-state index contributed by atoms with van der Waals surface area (Å²) in [5.41, 5.74) is 1.18. The van der Waals surface area contributed by atoms with Crippen molar-refractivity contribution in [2.45, 2.75) is 50.9 Å². The fourth-order valence-corrected chi connectivity index (χ4v) is 10.00. The van der Waals surface area contributed by atoms with Gasteiger partial charge in [-0.05, 0) is 27.4 Å². The molecule has 5 heteroatoms. The zero-order valence-electron chi connectivity index (χ0n) is 20.6. The van der Waals surface area contributed by atoms with Gasteiger partial charge in [-0.1, -0.05) is 112 Å². The molecule has 0 amide bonds. The third kappa shape index (κ3) is 4.74. The summed E-state index contributed by atoms with van der Waals surface area (Å²) in [4.78, 5) is 15.3. The van der Waals surface area contributed by atoms with Crippen LogP contribution in [0.1, 0.15) is 32.8 Å². The minimum Gasteiger partial charge on any atom is -0.468 e. The van der Waals surface area contributed by atoms with Gasteiger partial charge in [-0.3, -0.25) is 9.69 Å². The number of rotatable bonds is 7. The molecule has 1 saturated heterocycles. The van der Waals surface area contributed by atoms with Gasteiger partial charge in [0.25, 0.3) is 8.32 Å². The molecule has 1 heterocycles. The molecule has 3 aromatic rings. The molecule has 4 rings (SSSR count). The summed E-state index contributed by atoms with van der Waals surface area (Å²) in [7, 11) is -1.30. The van der Waals surface area contributed by atoms with E-state index in [1.165, 1.54) is 23.0 Å². The Balaban J connectivity index is 1.77. The van der Waals surface area contributed by atoms with Crippen molar-refractivity contribution in [3.05, 3.63) is 96.6 Å². The van der Waals surface area contributed by atoms with Crippen molar-refractivity contribution in [3.8, 4) is 0 Å². The molecule has 34 heavy (non-hydrogen) atoms. The zero-order valence-corrected chi connectivity index (χ0v) is 21.6. The Morgan fingerprint density at radius 1 is 0.882 bits per heavy atom. The average molecular weight is 474 g/mol. The molecule has 0 aliphatic carbocycles. The summed E-state index contributed by atoms with van der Waals surface area (Å²) in [6.45, 7) is 8.29. The maximum absolute atomic E-state index is 13.1. The van der Waals surface area contributed by atoms with E-state index in [0.717, 1.165) is 13.0 Å². The van der Waals surface area contributed by atoms with Gasteiger partial charge in [-0.25, -0.2) is 0 Å². The molecular formula is C29H35NO3Si. The van der Waals surface area contributed by atoms with Crippen LogP contribution < -0.4 is 10.4 Å². The smallest absolute Gasteiger partial charge is 0.325 e. The lowest BCUT2D eigenvalue weighted by molar-refractivity contribution is -0.148. The number of hydrogen-bond donors (Lipinski definition) is 0. The lowest BCUT2D eigenvalue weighted by Crippen LogP contribution is -2.68. The van der Waals surface area contributed by atoms with Crippen LogP contribution >= 0.6 is 0 Å². The van der Waals surface area contributed by atoms with Crippen molar-refractivity contribution in [2.75, 3.05) is 13.7 Å². The number of hydrogen-bond acceptors (Lipinski definition) is 4. The number of likely N-dealkylation sites (tertiary alicyclic amines) is 1. The summed E-state index contributed by atoms with van der Waals surface area (Å²) < 4.78 is 12.6. The highest BCUT2D eigenvalue weighted by molar-refractivity contribution is 6.99. The number of carbonyl (C=O) groups excluding carboxylic acids is 1. The Morgan fingerprint density at radius 3 is 1.85 bits per heavy atom.